The Bertz CT molecular complexity index is 660. The molecular formula is C13H15N3O3S. The summed E-state index contributed by atoms with van der Waals surface area (Å²) in [5.41, 5.74) is 5.46. The third-order valence-corrected chi connectivity index (χ3v) is 3.93. The molecule has 0 unspecified atom stereocenters. The van der Waals surface area contributed by atoms with Crippen molar-refractivity contribution in [3.05, 3.63) is 48.7 Å². The quantitative estimate of drug-likeness (QED) is 0.775. The van der Waals surface area contributed by atoms with E-state index in [4.69, 9.17) is 10.5 Å². The maximum atomic E-state index is 11.9. The minimum absolute atomic E-state index is 0.0877. The molecule has 0 aliphatic rings. The molecule has 1 heterocycles. The van der Waals surface area contributed by atoms with Crippen LogP contribution in [-0.2, 0) is 10.0 Å². The first-order valence-electron chi connectivity index (χ1n) is 5.97. The first-order valence-corrected chi connectivity index (χ1v) is 7.45. The number of hydrogen-bond donors (Lipinski definition) is 2. The number of pyridine rings is 1. The number of aromatic nitrogens is 1. The monoisotopic (exact) mass is 293 g/mol. The van der Waals surface area contributed by atoms with Gasteiger partial charge in [0.25, 0.3) is 0 Å². The molecule has 0 fully saturated rings. The minimum Gasteiger partial charge on any atom is -0.492 e. The summed E-state index contributed by atoms with van der Waals surface area (Å²) in [6, 6.07) is 11.9. The predicted octanol–water partition coefficient (Wildman–Crippen LogP) is 1.02. The maximum Gasteiger partial charge on any atom is 0.240 e. The molecule has 0 bridgehead atoms. The average molecular weight is 293 g/mol. The molecule has 1 aromatic heterocycles. The second-order valence-corrected chi connectivity index (χ2v) is 5.74. The maximum absolute atomic E-state index is 11.9. The van der Waals surface area contributed by atoms with Crippen LogP contribution in [0.3, 0.4) is 0 Å². The second kappa shape index (κ2) is 6.36. The van der Waals surface area contributed by atoms with E-state index in [2.05, 4.69) is 9.71 Å². The number of sulfonamides is 1. The third-order valence-electron chi connectivity index (χ3n) is 2.47. The topological polar surface area (TPSA) is 94.3 Å². The van der Waals surface area contributed by atoms with E-state index in [0.717, 1.165) is 0 Å². The van der Waals surface area contributed by atoms with Gasteiger partial charge in [0.05, 0.1) is 4.90 Å². The Morgan fingerprint density at radius 1 is 1.20 bits per heavy atom. The number of hydrogen-bond acceptors (Lipinski definition) is 5. The normalized spacial score (nSPS) is 11.2. The molecule has 0 aliphatic carbocycles. The van der Waals surface area contributed by atoms with Crippen molar-refractivity contribution in [2.75, 3.05) is 18.9 Å². The van der Waals surface area contributed by atoms with Gasteiger partial charge in [-0.1, -0.05) is 18.2 Å². The van der Waals surface area contributed by atoms with Crippen LogP contribution < -0.4 is 15.2 Å². The molecule has 7 heteroatoms. The van der Waals surface area contributed by atoms with E-state index < -0.39 is 10.0 Å². The van der Waals surface area contributed by atoms with Crippen molar-refractivity contribution in [3.63, 3.8) is 0 Å². The Balaban J connectivity index is 1.87. The smallest absolute Gasteiger partial charge is 0.240 e. The van der Waals surface area contributed by atoms with E-state index in [1.165, 1.54) is 18.3 Å². The summed E-state index contributed by atoms with van der Waals surface area (Å²) in [5.74, 6) is 0.855. The number of nitrogen functional groups attached to an aromatic ring is 1. The van der Waals surface area contributed by atoms with Crippen LogP contribution in [0.2, 0.25) is 0 Å². The molecule has 0 amide bonds. The molecule has 3 N–H and O–H groups in total. The third kappa shape index (κ3) is 3.94. The van der Waals surface area contributed by atoms with E-state index in [0.29, 0.717) is 5.75 Å². The van der Waals surface area contributed by atoms with Crippen LogP contribution in [0.15, 0.2) is 53.6 Å². The molecule has 0 atom stereocenters. The molecule has 6 nitrogen and oxygen atoms in total. The second-order valence-electron chi connectivity index (χ2n) is 3.98. The molecule has 20 heavy (non-hydrogen) atoms. The summed E-state index contributed by atoms with van der Waals surface area (Å²) in [4.78, 5) is 3.84. The van der Waals surface area contributed by atoms with E-state index >= 15 is 0 Å². The zero-order valence-corrected chi connectivity index (χ0v) is 11.5. The Hall–Kier alpha value is -2.12. The summed E-state index contributed by atoms with van der Waals surface area (Å²) >= 11 is 0. The Labute approximate surface area is 117 Å². The number of nitrogens with zero attached hydrogens (tertiary/aromatic N) is 1. The van der Waals surface area contributed by atoms with Gasteiger partial charge in [-0.3, -0.25) is 0 Å². The Morgan fingerprint density at radius 2 is 1.95 bits per heavy atom. The minimum atomic E-state index is -3.59. The van der Waals surface area contributed by atoms with Gasteiger partial charge in [0.1, 0.15) is 18.2 Å². The summed E-state index contributed by atoms with van der Waals surface area (Å²) in [6.45, 7) is 0.406. The Kier molecular flexibility index (Phi) is 4.54. The first-order chi connectivity index (χ1) is 9.58. The molecule has 2 rings (SSSR count). The van der Waals surface area contributed by atoms with E-state index in [1.807, 2.05) is 18.2 Å². The SMILES string of the molecule is Nc1cc(S(=O)(=O)NCCOc2ccccc2)ccn1. The highest BCUT2D eigenvalue weighted by atomic mass is 32.2. The van der Waals surface area contributed by atoms with Crippen LogP contribution >= 0.6 is 0 Å². The number of nitrogens with two attached hydrogens (primary N) is 1. The van der Waals surface area contributed by atoms with Crippen LogP contribution in [0.1, 0.15) is 0 Å². The lowest BCUT2D eigenvalue weighted by Gasteiger charge is -2.08. The van der Waals surface area contributed by atoms with Gasteiger partial charge in [0, 0.05) is 18.8 Å². The van der Waals surface area contributed by atoms with E-state index in [9.17, 15) is 8.42 Å². The molecule has 0 radical (unpaired) electrons. The van der Waals surface area contributed by atoms with Gasteiger partial charge < -0.3 is 10.5 Å². The lowest BCUT2D eigenvalue weighted by molar-refractivity contribution is 0.323. The van der Waals surface area contributed by atoms with Gasteiger partial charge in [0.15, 0.2) is 0 Å². The number of nitrogens with one attached hydrogen (secondary N) is 1. The van der Waals surface area contributed by atoms with E-state index in [1.54, 1.807) is 12.1 Å². The first kappa shape index (κ1) is 14.3. The fourth-order valence-corrected chi connectivity index (χ4v) is 2.57. The lowest BCUT2D eigenvalue weighted by atomic mass is 10.3. The van der Waals surface area contributed by atoms with Gasteiger partial charge in [-0.15, -0.1) is 0 Å². The van der Waals surface area contributed by atoms with Crippen molar-refractivity contribution >= 4 is 15.8 Å². The highest BCUT2D eigenvalue weighted by Gasteiger charge is 2.13. The average Bonchev–Trinajstić information content (AvgIpc) is 2.45. The summed E-state index contributed by atoms with van der Waals surface area (Å²) < 4.78 is 31.7. The number of ether oxygens (including phenoxy) is 1. The van der Waals surface area contributed by atoms with Gasteiger partial charge >= 0.3 is 0 Å². The molecule has 1 aromatic carbocycles. The highest BCUT2D eigenvalue weighted by Crippen LogP contribution is 2.10. The summed E-state index contributed by atoms with van der Waals surface area (Å²) in [6.07, 6.45) is 1.35. The van der Waals surface area contributed by atoms with Gasteiger partial charge in [-0.05, 0) is 18.2 Å². The zero-order valence-electron chi connectivity index (χ0n) is 10.7. The van der Waals surface area contributed by atoms with Gasteiger partial charge in [-0.25, -0.2) is 18.1 Å². The molecule has 0 spiro atoms. The van der Waals surface area contributed by atoms with Crippen molar-refractivity contribution in [2.24, 2.45) is 0 Å². The van der Waals surface area contributed by atoms with Gasteiger partial charge in [-0.2, -0.15) is 0 Å². The summed E-state index contributed by atoms with van der Waals surface area (Å²) in [7, 11) is -3.59. The van der Waals surface area contributed by atoms with E-state index in [-0.39, 0.29) is 23.9 Å². The van der Waals surface area contributed by atoms with Crippen LogP contribution in [-0.4, -0.2) is 26.6 Å². The number of rotatable bonds is 6. The fraction of sp³-hybridized carbons (Fsp3) is 0.154. The zero-order chi connectivity index (χ0) is 14.4. The van der Waals surface area contributed by atoms with Crippen molar-refractivity contribution in [3.8, 4) is 5.75 Å². The molecular weight excluding hydrogens is 278 g/mol. The predicted molar refractivity (Wildman–Crippen MR) is 75.8 cm³/mol. The van der Waals surface area contributed by atoms with Gasteiger partial charge in [0.2, 0.25) is 10.0 Å². The highest BCUT2D eigenvalue weighted by molar-refractivity contribution is 7.89. The van der Waals surface area contributed by atoms with Crippen molar-refractivity contribution < 1.29 is 13.2 Å². The fourth-order valence-electron chi connectivity index (χ4n) is 1.54. The summed E-state index contributed by atoms with van der Waals surface area (Å²) in [5, 5.41) is 0. The largest absolute Gasteiger partial charge is 0.492 e. The Morgan fingerprint density at radius 3 is 2.65 bits per heavy atom. The van der Waals surface area contributed by atoms with Crippen LogP contribution in [0, 0.1) is 0 Å². The molecule has 106 valence electrons. The van der Waals surface area contributed by atoms with Crippen LogP contribution in [0.5, 0.6) is 5.75 Å². The molecule has 0 aliphatic heterocycles. The van der Waals surface area contributed by atoms with Crippen molar-refractivity contribution in [1.82, 2.24) is 9.71 Å². The standard InChI is InChI=1S/C13H15N3O3S/c14-13-10-12(6-7-15-13)20(17,18)16-8-9-19-11-4-2-1-3-5-11/h1-7,10,16H,8-9H2,(H2,14,15). The molecule has 0 saturated carbocycles. The van der Waals surface area contributed by atoms with Crippen molar-refractivity contribution in [2.45, 2.75) is 4.90 Å². The molecule has 2 aromatic rings. The number of para-hydroxylation sites is 1. The number of anilines is 1. The lowest BCUT2D eigenvalue weighted by Crippen LogP contribution is -2.28. The molecule has 0 saturated heterocycles. The van der Waals surface area contributed by atoms with Crippen molar-refractivity contribution in [1.29, 1.82) is 0 Å². The van der Waals surface area contributed by atoms with Crippen LogP contribution in [0.25, 0.3) is 0 Å². The number of benzene rings is 1. The van der Waals surface area contributed by atoms with Crippen LogP contribution in [0.4, 0.5) is 5.82 Å².